The van der Waals surface area contributed by atoms with Crippen molar-refractivity contribution in [1.29, 1.82) is 0 Å². The fourth-order valence-corrected chi connectivity index (χ4v) is 3.07. The smallest absolute Gasteiger partial charge is 0.153 e. The van der Waals surface area contributed by atoms with E-state index >= 15 is 0 Å². The molecule has 5 N–H and O–H groups in total. The zero-order valence-electron chi connectivity index (χ0n) is 15.5. The number of hydrogen-bond donors (Lipinski definition) is 4. The summed E-state index contributed by atoms with van der Waals surface area (Å²) in [5, 5.41) is 18.4. The third kappa shape index (κ3) is 3.14. The summed E-state index contributed by atoms with van der Waals surface area (Å²) in [6, 6.07) is 7.92. The minimum atomic E-state index is -0.117. The fourth-order valence-electron chi connectivity index (χ4n) is 3.07. The first-order valence-electron chi connectivity index (χ1n) is 8.74. The maximum absolute atomic E-state index is 9.43. The van der Waals surface area contributed by atoms with Gasteiger partial charge in [-0.2, -0.15) is 5.10 Å². The van der Waals surface area contributed by atoms with E-state index in [1.807, 2.05) is 24.3 Å². The summed E-state index contributed by atoms with van der Waals surface area (Å²) in [4.78, 5) is 7.49. The number of nitrogens with zero attached hydrogens (tertiary/aromatic N) is 2. The van der Waals surface area contributed by atoms with E-state index in [1.54, 1.807) is 6.20 Å². The molecule has 0 radical (unpaired) electrons. The summed E-state index contributed by atoms with van der Waals surface area (Å²) in [6.45, 7) is 6.16. The van der Waals surface area contributed by atoms with Crippen LogP contribution < -0.4 is 5.73 Å². The molecule has 0 bridgehead atoms. The second-order valence-electron chi connectivity index (χ2n) is 7.63. The number of H-pyrrole nitrogens is 2. The van der Waals surface area contributed by atoms with Crippen molar-refractivity contribution in [2.24, 2.45) is 5.41 Å². The van der Waals surface area contributed by atoms with Crippen LogP contribution in [0.4, 0.5) is 5.82 Å². The van der Waals surface area contributed by atoms with Gasteiger partial charge in [-0.25, -0.2) is 4.98 Å². The molecule has 6 nitrogen and oxygen atoms in total. The Labute approximate surface area is 156 Å². The Morgan fingerprint density at radius 3 is 2.74 bits per heavy atom. The van der Waals surface area contributed by atoms with E-state index in [9.17, 15) is 5.11 Å². The highest BCUT2D eigenvalue weighted by atomic mass is 16.3. The number of aliphatic hydroxyl groups excluding tert-OH is 1. The van der Waals surface area contributed by atoms with Gasteiger partial charge in [0.05, 0.1) is 17.7 Å². The molecule has 27 heavy (non-hydrogen) atoms. The molecule has 0 atom stereocenters. The van der Waals surface area contributed by atoms with E-state index in [0.29, 0.717) is 5.82 Å². The summed E-state index contributed by atoms with van der Waals surface area (Å²) in [7, 11) is 0. The Hall–Kier alpha value is -3.30. The van der Waals surface area contributed by atoms with Crippen molar-refractivity contribution >= 4 is 27.8 Å². The van der Waals surface area contributed by atoms with Gasteiger partial charge in [-0.1, -0.05) is 11.8 Å². The summed E-state index contributed by atoms with van der Waals surface area (Å²) >= 11 is 0. The van der Waals surface area contributed by atoms with Gasteiger partial charge in [0.1, 0.15) is 5.65 Å². The van der Waals surface area contributed by atoms with Crippen molar-refractivity contribution in [3.05, 3.63) is 41.7 Å². The van der Waals surface area contributed by atoms with Gasteiger partial charge in [0.15, 0.2) is 5.82 Å². The monoisotopic (exact) mass is 359 g/mol. The molecule has 0 saturated carbocycles. The van der Waals surface area contributed by atoms with E-state index < -0.39 is 0 Å². The van der Waals surface area contributed by atoms with Crippen molar-refractivity contribution in [2.45, 2.75) is 27.4 Å². The fraction of sp³-hybridized carbons (Fsp3) is 0.238. The molecule has 136 valence electrons. The second-order valence-corrected chi connectivity index (χ2v) is 7.63. The summed E-state index contributed by atoms with van der Waals surface area (Å²) in [5.41, 5.74) is 11.1. The average Bonchev–Trinajstić information content (AvgIpc) is 3.22. The summed E-state index contributed by atoms with van der Waals surface area (Å²) in [5.74, 6) is 7.00. The molecular weight excluding hydrogens is 338 g/mol. The Balaban J connectivity index is 1.99. The number of benzene rings is 1. The lowest BCUT2D eigenvalue weighted by Gasteiger charge is -2.08. The van der Waals surface area contributed by atoms with Crippen LogP contribution in [0.5, 0.6) is 0 Å². The molecule has 0 aliphatic carbocycles. The first-order valence-corrected chi connectivity index (χ1v) is 8.74. The predicted molar refractivity (Wildman–Crippen MR) is 108 cm³/mol. The molecule has 0 saturated heterocycles. The maximum atomic E-state index is 9.43. The minimum Gasteiger partial charge on any atom is -0.390 e. The van der Waals surface area contributed by atoms with Gasteiger partial charge in [-0.05, 0) is 56.2 Å². The molecule has 3 aromatic heterocycles. The zero-order chi connectivity index (χ0) is 19.2. The summed E-state index contributed by atoms with van der Waals surface area (Å²) in [6.07, 6.45) is 1.75. The number of pyridine rings is 1. The van der Waals surface area contributed by atoms with Crippen molar-refractivity contribution in [3.8, 4) is 23.0 Å². The van der Waals surface area contributed by atoms with E-state index in [1.165, 1.54) is 0 Å². The molecule has 1 aromatic carbocycles. The van der Waals surface area contributed by atoms with Crippen LogP contribution >= 0.6 is 0 Å². The Morgan fingerprint density at radius 1 is 1.19 bits per heavy atom. The SMILES string of the molecule is CC(C)(C)C#Cc1cc(-c2ccnc3[nH]c(CO)cc23)cc2c(N)n[nH]c12. The molecule has 0 amide bonds. The van der Waals surface area contributed by atoms with E-state index in [-0.39, 0.29) is 12.0 Å². The number of aromatic amines is 2. The number of hydrogen-bond acceptors (Lipinski definition) is 4. The first kappa shape index (κ1) is 17.1. The van der Waals surface area contributed by atoms with Crippen LogP contribution in [0.3, 0.4) is 0 Å². The predicted octanol–water partition coefficient (Wildman–Crippen LogP) is 3.58. The molecule has 0 spiro atoms. The topological polar surface area (TPSA) is 104 Å². The lowest BCUT2D eigenvalue weighted by atomic mass is 9.95. The van der Waals surface area contributed by atoms with Gasteiger partial charge in [0.25, 0.3) is 0 Å². The Kier molecular flexibility index (Phi) is 3.90. The van der Waals surface area contributed by atoms with Crippen LogP contribution in [0, 0.1) is 17.3 Å². The standard InChI is InChI=1S/C21H21N5O/c1-21(2,3)6-4-12-8-13(9-17-18(12)25-26-19(17)22)15-5-7-23-20-16(15)10-14(11-27)24-20/h5,7-10,27H,11H2,1-3H3,(H,23,24)(H3,22,25,26). The highest BCUT2D eigenvalue weighted by Gasteiger charge is 2.14. The van der Waals surface area contributed by atoms with E-state index in [4.69, 9.17) is 5.73 Å². The largest absolute Gasteiger partial charge is 0.390 e. The maximum Gasteiger partial charge on any atom is 0.153 e. The molecule has 0 unspecified atom stereocenters. The number of anilines is 1. The summed E-state index contributed by atoms with van der Waals surface area (Å²) < 4.78 is 0. The molecule has 0 aliphatic heterocycles. The lowest BCUT2D eigenvalue weighted by Crippen LogP contribution is -1.99. The molecule has 0 aliphatic rings. The van der Waals surface area contributed by atoms with Crippen molar-refractivity contribution in [3.63, 3.8) is 0 Å². The molecule has 4 rings (SSSR count). The number of nitrogens with two attached hydrogens (primary N) is 1. The van der Waals surface area contributed by atoms with Crippen molar-refractivity contribution in [1.82, 2.24) is 20.2 Å². The van der Waals surface area contributed by atoms with Crippen LogP contribution in [-0.2, 0) is 6.61 Å². The number of aromatic nitrogens is 4. The number of nitrogens with one attached hydrogen (secondary N) is 2. The number of nitrogen functional groups attached to an aromatic ring is 1. The van der Waals surface area contributed by atoms with Gasteiger partial charge in [-0.3, -0.25) is 5.10 Å². The van der Waals surface area contributed by atoms with Gasteiger partial charge >= 0.3 is 0 Å². The average molecular weight is 359 g/mol. The third-order valence-electron chi connectivity index (χ3n) is 4.34. The molecule has 6 heteroatoms. The molecule has 0 fully saturated rings. The number of fused-ring (bicyclic) bond motifs is 2. The Morgan fingerprint density at radius 2 is 2.00 bits per heavy atom. The van der Waals surface area contributed by atoms with E-state index in [0.717, 1.165) is 44.3 Å². The van der Waals surface area contributed by atoms with Gasteiger partial charge in [0.2, 0.25) is 0 Å². The third-order valence-corrected chi connectivity index (χ3v) is 4.34. The number of rotatable bonds is 2. The van der Waals surface area contributed by atoms with Crippen LogP contribution in [0.1, 0.15) is 32.0 Å². The van der Waals surface area contributed by atoms with Crippen molar-refractivity contribution in [2.75, 3.05) is 5.73 Å². The quantitative estimate of drug-likeness (QED) is 0.411. The molecular formula is C21H21N5O. The minimum absolute atomic E-state index is 0.0637. The normalized spacial score (nSPS) is 11.7. The number of aliphatic hydroxyl groups is 1. The molecule has 3 heterocycles. The van der Waals surface area contributed by atoms with Gasteiger partial charge in [-0.15, -0.1) is 0 Å². The van der Waals surface area contributed by atoms with Crippen LogP contribution in [-0.4, -0.2) is 25.3 Å². The second kappa shape index (κ2) is 6.15. The van der Waals surface area contributed by atoms with Crippen LogP contribution in [0.2, 0.25) is 0 Å². The first-order chi connectivity index (χ1) is 12.9. The highest BCUT2D eigenvalue weighted by molar-refractivity contribution is 6.00. The highest BCUT2D eigenvalue weighted by Crippen LogP contribution is 2.33. The van der Waals surface area contributed by atoms with Crippen LogP contribution in [0.15, 0.2) is 30.5 Å². The van der Waals surface area contributed by atoms with Gasteiger partial charge in [0, 0.05) is 28.1 Å². The van der Waals surface area contributed by atoms with Crippen LogP contribution in [0.25, 0.3) is 33.1 Å². The Bertz CT molecular complexity index is 1210. The van der Waals surface area contributed by atoms with Gasteiger partial charge < -0.3 is 15.8 Å². The lowest BCUT2D eigenvalue weighted by molar-refractivity contribution is 0.278. The zero-order valence-corrected chi connectivity index (χ0v) is 15.5. The van der Waals surface area contributed by atoms with E-state index in [2.05, 4.69) is 52.8 Å². The molecule has 4 aromatic rings. The van der Waals surface area contributed by atoms with Crippen molar-refractivity contribution < 1.29 is 5.11 Å².